The van der Waals surface area contributed by atoms with Crippen LogP contribution in [0.1, 0.15) is 36.5 Å². The third kappa shape index (κ3) is 2.16. The minimum atomic E-state index is -1.03. The van der Waals surface area contributed by atoms with Crippen LogP contribution in [0.4, 0.5) is 0 Å². The number of imidazole rings is 1. The molecule has 0 aliphatic rings. The molecule has 0 saturated carbocycles. The average molecular weight is 248 g/mol. The van der Waals surface area contributed by atoms with E-state index in [9.17, 15) is 9.59 Å². The van der Waals surface area contributed by atoms with Gasteiger partial charge in [-0.25, -0.2) is 9.59 Å². The number of aryl methyl sites for hydroxylation is 1. The summed E-state index contributed by atoms with van der Waals surface area (Å²) in [6.07, 6.45) is 3.05. The molecule has 0 aliphatic heterocycles. The van der Waals surface area contributed by atoms with Gasteiger partial charge in [-0.1, -0.05) is 25.8 Å². The number of aromatic amines is 1. The Morgan fingerprint density at radius 1 is 1.39 bits per heavy atom. The zero-order valence-electron chi connectivity index (χ0n) is 10.3. The van der Waals surface area contributed by atoms with Crippen molar-refractivity contribution < 1.29 is 9.90 Å². The summed E-state index contributed by atoms with van der Waals surface area (Å²) in [7, 11) is 0. The van der Waals surface area contributed by atoms with Crippen LogP contribution in [0.15, 0.2) is 23.0 Å². The summed E-state index contributed by atoms with van der Waals surface area (Å²) in [6.45, 7) is 2.72. The lowest BCUT2D eigenvalue weighted by molar-refractivity contribution is 0.0699. The maximum absolute atomic E-state index is 11.8. The fraction of sp³-hybridized carbons (Fsp3) is 0.385. The molecule has 0 fully saturated rings. The summed E-state index contributed by atoms with van der Waals surface area (Å²) in [5.74, 6) is -1.03. The molecule has 1 aromatic heterocycles. The van der Waals surface area contributed by atoms with Crippen molar-refractivity contribution in [3.8, 4) is 0 Å². The van der Waals surface area contributed by atoms with Crippen LogP contribution in [-0.4, -0.2) is 20.6 Å². The van der Waals surface area contributed by atoms with E-state index in [0.717, 1.165) is 19.3 Å². The Morgan fingerprint density at radius 2 is 2.17 bits per heavy atom. The molecule has 2 aromatic rings. The number of aromatic carboxylic acids is 1. The quantitative estimate of drug-likeness (QED) is 0.796. The lowest BCUT2D eigenvalue weighted by Crippen LogP contribution is -2.16. The largest absolute Gasteiger partial charge is 0.478 e. The van der Waals surface area contributed by atoms with Crippen molar-refractivity contribution in [3.63, 3.8) is 0 Å². The number of carboxylic acids is 1. The third-order valence-corrected chi connectivity index (χ3v) is 3.03. The maximum atomic E-state index is 11.8. The molecule has 1 heterocycles. The summed E-state index contributed by atoms with van der Waals surface area (Å²) in [5.41, 5.74) is 0.969. The smallest absolute Gasteiger partial charge is 0.337 e. The predicted molar refractivity (Wildman–Crippen MR) is 69.0 cm³/mol. The van der Waals surface area contributed by atoms with Gasteiger partial charge in [-0.15, -0.1) is 0 Å². The van der Waals surface area contributed by atoms with Gasteiger partial charge in [0.15, 0.2) is 0 Å². The van der Waals surface area contributed by atoms with Crippen molar-refractivity contribution in [2.45, 2.75) is 32.7 Å². The number of carbonyl (C=O) groups is 1. The molecule has 96 valence electrons. The molecule has 0 saturated heterocycles. The second-order valence-corrected chi connectivity index (χ2v) is 4.29. The van der Waals surface area contributed by atoms with E-state index >= 15 is 0 Å². The molecule has 2 rings (SSSR count). The Kier molecular flexibility index (Phi) is 3.50. The molecule has 2 N–H and O–H groups in total. The zero-order valence-corrected chi connectivity index (χ0v) is 10.3. The summed E-state index contributed by atoms with van der Waals surface area (Å²) in [4.78, 5) is 25.5. The van der Waals surface area contributed by atoms with Crippen LogP contribution in [0.5, 0.6) is 0 Å². The third-order valence-electron chi connectivity index (χ3n) is 3.03. The average Bonchev–Trinajstić information content (AvgIpc) is 2.66. The maximum Gasteiger partial charge on any atom is 0.337 e. The molecule has 18 heavy (non-hydrogen) atoms. The Bertz CT molecular complexity index is 625. The van der Waals surface area contributed by atoms with E-state index in [2.05, 4.69) is 11.9 Å². The van der Waals surface area contributed by atoms with E-state index in [0.29, 0.717) is 17.6 Å². The first-order valence-electron chi connectivity index (χ1n) is 6.10. The molecule has 5 heteroatoms. The minimum Gasteiger partial charge on any atom is -0.478 e. The SMILES string of the molecule is CCCCCn1c(=O)[nH]c2c(C(=O)O)cccc21. The van der Waals surface area contributed by atoms with Crippen molar-refractivity contribution in [1.29, 1.82) is 0 Å². The Hall–Kier alpha value is -2.04. The van der Waals surface area contributed by atoms with E-state index in [4.69, 9.17) is 5.11 Å². The number of carboxylic acid groups (broad SMARTS) is 1. The van der Waals surface area contributed by atoms with Crippen molar-refractivity contribution >= 4 is 17.0 Å². The second kappa shape index (κ2) is 5.08. The molecule has 5 nitrogen and oxygen atoms in total. The number of hydrogen-bond donors (Lipinski definition) is 2. The molecule has 0 radical (unpaired) electrons. The molecule has 0 bridgehead atoms. The van der Waals surface area contributed by atoms with Crippen molar-refractivity contribution in [2.24, 2.45) is 0 Å². The molecule has 1 aromatic carbocycles. The van der Waals surface area contributed by atoms with E-state index < -0.39 is 5.97 Å². The number of nitrogens with one attached hydrogen (secondary N) is 1. The van der Waals surface area contributed by atoms with Crippen LogP contribution in [0.25, 0.3) is 11.0 Å². The van der Waals surface area contributed by atoms with Crippen LogP contribution >= 0.6 is 0 Å². The highest BCUT2D eigenvalue weighted by atomic mass is 16.4. The first-order chi connectivity index (χ1) is 8.65. The summed E-state index contributed by atoms with van der Waals surface area (Å²) >= 11 is 0. The molecule has 0 atom stereocenters. The second-order valence-electron chi connectivity index (χ2n) is 4.29. The van der Waals surface area contributed by atoms with Gasteiger partial charge in [0.25, 0.3) is 0 Å². The molecule has 0 aliphatic carbocycles. The Morgan fingerprint density at radius 3 is 2.83 bits per heavy atom. The number of unbranched alkanes of at least 4 members (excludes halogenated alkanes) is 2. The predicted octanol–water partition coefficient (Wildman–Crippen LogP) is 2.22. The summed E-state index contributed by atoms with van der Waals surface area (Å²) < 4.78 is 1.61. The van der Waals surface area contributed by atoms with Gasteiger partial charge in [0, 0.05) is 6.54 Å². The van der Waals surface area contributed by atoms with Gasteiger partial charge in [-0.05, 0) is 18.6 Å². The summed E-state index contributed by atoms with van der Waals surface area (Å²) in [6, 6.07) is 4.93. The van der Waals surface area contributed by atoms with Crippen molar-refractivity contribution in [3.05, 3.63) is 34.2 Å². The van der Waals surface area contributed by atoms with Gasteiger partial charge >= 0.3 is 11.7 Å². The highest BCUT2D eigenvalue weighted by Gasteiger charge is 2.13. The number of H-pyrrole nitrogens is 1. The van der Waals surface area contributed by atoms with Gasteiger partial charge < -0.3 is 10.1 Å². The Labute approximate surface area is 104 Å². The Balaban J connectivity index is 2.48. The first kappa shape index (κ1) is 12.4. The number of benzene rings is 1. The highest BCUT2D eigenvalue weighted by Crippen LogP contribution is 2.16. The lowest BCUT2D eigenvalue weighted by atomic mass is 10.2. The summed E-state index contributed by atoms with van der Waals surface area (Å²) in [5, 5.41) is 9.07. The van der Waals surface area contributed by atoms with Gasteiger partial charge in [-0.2, -0.15) is 0 Å². The van der Waals surface area contributed by atoms with Gasteiger partial charge in [0.05, 0.1) is 16.6 Å². The normalized spacial score (nSPS) is 10.9. The van der Waals surface area contributed by atoms with Crippen LogP contribution in [0, 0.1) is 0 Å². The van der Waals surface area contributed by atoms with E-state index in [1.807, 2.05) is 0 Å². The van der Waals surface area contributed by atoms with Gasteiger partial charge in [-0.3, -0.25) is 4.57 Å². The monoisotopic (exact) mass is 248 g/mol. The van der Waals surface area contributed by atoms with Crippen LogP contribution < -0.4 is 5.69 Å². The topological polar surface area (TPSA) is 75.1 Å². The van der Waals surface area contributed by atoms with Crippen LogP contribution in [0.3, 0.4) is 0 Å². The fourth-order valence-corrected chi connectivity index (χ4v) is 2.10. The zero-order chi connectivity index (χ0) is 13.1. The van der Waals surface area contributed by atoms with Crippen molar-refractivity contribution in [1.82, 2.24) is 9.55 Å². The van der Waals surface area contributed by atoms with Crippen LogP contribution in [0.2, 0.25) is 0 Å². The number of nitrogens with zero attached hydrogens (tertiary/aromatic N) is 1. The van der Waals surface area contributed by atoms with Gasteiger partial charge in [0.1, 0.15) is 0 Å². The molecular weight excluding hydrogens is 232 g/mol. The van der Waals surface area contributed by atoms with Gasteiger partial charge in [0.2, 0.25) is 0 Å². The van der Waals surface area contributed by atoms with Crippen LogP contribution in [-0.2, 0) is 6.54 Å². The molecule has 0 amide bonds. The highest BCUT2D eigenvalue weighted by molar-refractivity contribution is 6.00. The molecular formula is C13H16N2O3. The number of fused-ring (bicyclic) bond motifs is 1. The van der Waals surface area contributed by atoms with E-state index in [1.165, 1.54) is 6.07 Å². The molecule has 0 unspecified atom stereocenters. The standard InChI is InChI=1S/C13H16N2O3/c1-2-3-4-8-15-10-7-5-6-9(12(16)17)11(10)14-13(15)18/h5-7H,2-4,8H2,1H3,(H,14,18)(H,16,17). The fourth-order valence-electron chi connectivity index (χ4n) is 2.10. The first-order valence-corrected chi connectivity index (χ1v) is 6.10. The van der Waals surface area contributed by atoms with E-state index in [-0.39, 0.29) is 11.3 Å². The number of para-hydroxylation sites is 1. The number of hydrogen-bond acceptors (Lipinski definition) is 2. The molecule has 0 spiro atoms. The lowest BCUT2D eigenvalue weighted by Gasteiger charge is -2.02. The van der Waals surface area contributed by atoms with Crippen molar-refractivity contribution in [2.75, 3.05) is 0 Å². The minimum absolute atomic E-state index is 0.138. The number of aromatic nitrogens is 2. The van der Waals surface area contributed by atoms with E-state index in [1.54, 1.807) is 16.7 Å². The number of rotatable bonds is 5.